The molecule has 0 bridgehead atoms. The first-order valence-corrected chi connectivity index (χ1v) is 28.6. The molecule has 0 rings (SSSR count). The van der Waals surface area contributed by atoms with E-state index < -0.39 is 26.5 Å². The van der Waals surface area contributed by atoms with Gasteiger partial charge in [0.05, 0.1) is 27.7 Å². The molecule has 378 valence electrons. The van der Waals surface area contributed by atoms with E-state index in [2.05, 4.69) is 38.2 Å². The summed E-state index contributed by atoms with van der Waals surface area (Å²) in [6.45, 7) is 4.46. The Kier molecular flexibility index (Phi) is 45.5. The molecule has 0 aliphatic carbocycles. The van der Waals surface area contributed by atoms with Crippen molar-refractivity contribution < 1.29 is 42.1 Å². The number of carbonyl (C=O) groups excluding carboxylic acids is 2. The van der Waals surface area contributed by atoms with Crippen LogP contribution in [0.15, 0.2) is 24.3 Å². The molecular weight excluding hydrogens is 822 g/mol. The number of phosphoric ester groups is 1. The van der Waals surface area contributed by atoms with Gasteiger partial charge in [-0.3, -0.25) is 18.6 Å². The fourth-order valence-electron chi connectivity index (χ4n) is 7.71. The predicted octanol–water partition coefficient (Wildman–Crippen LogP) is 16.3. The molecule has 0 aromatic carbocycles. The number of rotatable bonds is 50. The molecule has 0 saturated carbocycles. The Morgan fingerprint density at radius 1 is 0.469 bits per heavy atom. The smallest absolute Gasteiger partial charge is 0.462 e. The highest BCUT2D eigenvalue weighted by Crippen LogP contribution is 2.43. The first-order chi connectivity index (χ1) is 31.0. The van der Waals surface area contributed by atoms with E-state index in [4.69, 9.17) is 18.5 Å². The van der Waals surface area contributed by atoms with Crippen LogP contribution in [0.25, 0.3) is 0 Å². The van der Waals surface area contributed by atoms with Crippen molar-refractivity contribution >= 4 is 19.8 Å². The minimum Gasteiger partial charge on any atom is -0.462 e. The van der Waals surface area contributed by atoms with E-state index in [1.165, 1.54) is 186 Å². The number of esters is 2. The lowest BCUT2D eigenvalue weighted by Gasteiger charge is -2.24. The van der Waals surface area contributed by atoms with Crippen LogP contribution in [-0.4, -0.2) is 74.9 Å². The number of likely N-dealkylation sites (N-methyl/N-ethyl adjacent to an activating group) is 1. The Morgan fingerprint density at radius 3 is 1.16 bits per heavy atom. The fraction of sp³-hybridized carbons (Fsp3) is 0.889. The minimum atomic E-state index is -4.38. The molecule has 9 nitrogen and oxygen atoms in total. The lowest BCUT2D eigenvalue weighted by molar-refractivity contribution is -0.870. The predicted molar refractivity (Wildman–Crippen MR) is 271 cm³/mol. The molecule has 10 heteroatoms. The molecule has 0 fully saturated rings. The van der Waals surface area contributed by atoms with Crippen LogP contribution < -0.4 is 0 Å². The zero-order chi connectivity index (χ0) is 47.1. The average Bonchev–Trinajstić information content (AvgIpc) is 3.25. The maximum atomic E-state index is 12.8. The molecule has 0 aliphatic heterocycles. The Morgan fingerprint density at radius 2 is 0.797 bits per heavy atom. The molecule has 0 aromatic heterocycles. The summed E-state index contributed by atoms with van der Waals surface area (Å²) in [6, 6.07) is 0. The van der Waals surface area contributed by atoms with Crippen LogP contribution in [0.1, 0.15) is 258 Å². The number of carbonyl (C=O) groups is 2. The van der Waals surface area contributed by atoms with Gasteiger partial charge in [0.1, 0.15) is 19.8 Å². The van der Waals surface area contributed by atoms with Gasteiger partial charge in [0.15, 0.2) is 6.10 Å². The largest absolute Gasteiger partial charge is 0.472 e. The third-order valence-electron chi connectivity index (χ3n) is 12.0. The van der Waals surface area contributed by atoms with Crippen molar-refractivity contribution in [3.8, 4) is 0 Å². The van der Waals surface area contributed by atoms with Crippen molar-refractivity contribution in [1.29, 1.82) is 0 Å². The number of ether oxygens (including phenoxy) is 2. The highest BCUT2D eigenvalue weighted by molar-refractivity contribution is 7.47. The number of nitrogens with zero attached hydrogens (tertiary/aromatic N) is 1. The Bertz CT molecular complexity index is 1140. The van der Waals surface area contributed by atoms with E-state index in [1.54, 1.807) is 0 Å². The van der Waals surface area contributed by atoms with Crippen LogP contribution in [0.3, 0.4) is 0 Å². The maximum absolute atomic E-state index is 12.8. The number of hydrogen-bond acceptors (Lipinski definition) is 7. The van der Waals surface area contributed by atoms with E-state index in [0.29, 0.717) is 17.4 Å². The van der Waals surface area contributed by atoms with Crippen molar-refractivity contribution in [2.45, 2.75) is 264 Å². The van der Waals surface area contributed by atoms with Gasteiger partial charge in [-0.25, -0.2) is 4.57 Å². The monoisotopic (exact) mass is 927 g/mol. The molecule has 2 atom stereocenters. The van der Waals surface area contributed by atoms with Crippen molar-refractivity contribution in [3.05, 3.63) is 24.3 Å². The number of phosphoric acid groups is 1. The lowest BCUT2D eigenvalue weighted by Crippen LogP contribution is -2.37. The Hall–Kier alpha value is -1.51. The van der Waals surface area contributed by atoms with Crippen molar-refractivity contribution in [3.63, 3.8) is 0 Å². The second-order valence-corrected chi connectivity index (χ2v) is 21.1. The number of allylic oxidation sites excluding steroid dienone is 4. The normalized spacial score (nSPS) is 13.5. The van der Waals surface area contributed by atoms with E-state index in [0.717, 1.165) is 38.5 Å². The molecule has 2 unspecified atom stereocenters. The first kappa shape index (κ1) is 62.5. The van der Waals surface area contributed by atoms with E-state index >= 15 is 0 Å². The van der Waals surface area contributed by atoms with Crippen LogP contribution >= 0.6 is 7.82 Å². The summed E-state index contributed by atoms with van der Waals surface area (Å²) >= 11 is 0. The minimum absolute atomic E-state index is 0.0328. The molecule has 0 aliphatic rings. The SMILES string of the molecule is CCCCCCCC/C=C\CCCCCCCCCCCC(=O)OCC(COP(=O)(O)OCC[N+](C)(C)C)OC(=O)CCCCCCCCCCC/C=C\CCCCCCCCCC. The molecule has 0 radical (unpaired) electrons. The van der Waals surface area contributed by atoms with Gasteiger partial charge in [0.2, 0.25) is 0 Å². The second kappa shape index (κ2) is 46.6. The quantitative estimate of drug-likeness (QED) is 0.0211. The van der Waals surface area contributed by atoms with Crippen molar-refractivity contribution in [2.24, 2.45) is 0 Å². The zero-order valence-corrected chi connectivity index (χ0v) is 43.7. The van der Waals surface area contributed by atoms with Crippen LogP contribution in [0.4, 0.5) is 0 Å². The highest BCUT2D eigenvalue weighted by atomic mass is 31.2. The van der Waals surface area contributed by atoms with Crippen LogP contribution in [0, 0.1) is 0 Å². The van der Waals surface area contributed by atoms with Gasteiger partial charge in [-0.05, 0) is 64.2 Å². The van der Waals surface area contributed by atoms with Gasteiger partial charge in [0, 0.05) is 12.8 Å². The lowest BCUT2D eigenvalue weighted by atomic mass is 10.1. The summed E-state index contributed by atoms with van der Waals surface area (Å²) in [6.07, 6.45) is 53.7. The van der Waals surface area contributed by atoms with Gasteiger partial charge in [-0.2, -0.15) is 0 Å². The maximum Gasteiger partial charge on any atom is 0.472 e. The average molecular weight is 927 g/mol. The van der Waals surface area contributed by atoms with Gasteiger partial charge in [0.25, 0.3) is 0 Å². The fourth-order valence-corrected chi connectivity index (χ4v) is 8.45. The van der Waals surface area contributed by atoms with Gasteiger partial charge in [-0.1, -0.05) is 205 Å². The summed E-state index contributed by atoms with van der Waals surface area (Å²) in [4.78, 5) is 35.6. The summed E-state index contributed by atoms with van der Waals surface area (Å²) in [7, 11) is 1.48. The molecule has 0 aromatic rings. The molecular formula is C54H105NO8P+. The summed E-state index contributed by atoms with van der Waals surface area (Å²) in [5.41, 5.74) is 0. The standard InChI is InChI=1S/C54H104NO8P/c1-6-8-10-12-14-16-18-20-22-24-26-27-29-31-33-35-37-39-41-43-45-47-54(57)63-52(51-62-64(58,59)61-49-48-55(3,4)5)50-60-53(56)46-44-42-40-38-36-34-32-30-28-25-23-21-19-17-15-13-11-9-7-2/h21,23-24,26,52H,6-20,22,25,27-51H2,1-5H3/p+1/b23-21-,26-24-. The number of unbranched alkanes of at least 4 members (excludes halogenated alkanes) is 32. The van der Waals surface area contributed by atoms with Gasteiger partial charge < -0.3 is 18.9 Å². The Balaban J connectivity index is 4.21. The van der Waals surface area contributed by atoms with E-state index in [1.807, 2.05) is 21.1 Å². The Labute approximate surface area is 396 Å². The highest BCUT2D eigenvalue weighted by Gasteiger charge is 2.27. The van der Waals surface area contributed by atoms with Crippen LogP contribution in [0.2, 0.25) is 0 Å². The zero-order valence-electron chi connectivity index (χ0n) is 42.8. The van der Waals surface area contributed by atoms with Crippen molar-refractivity contribution in [2.75, 3.05) is 47.5 Å². The number of hydrogen-bond donors (Lipinski definition) is 1. The third kappa shape index (κ3) is 49.9. The third-order valence-corrected chi connectivity index (χ3v) is 12.9. The second-order valence-electron chi connectivity index (χ2n) is 19.6. The number of quaternary nitrogens is 1. The van der Waals surface area contributed by atoms with Crippen LogP contribution in [-0.2, 0) is 32.7 Å². The summed E-state index contributed by atoms with van der Waals surface area (Å²) in [5, 5.41) is 0. The molecule has 0 saturated heterocycles. The topological polar surface area (TPSA) is 108 Å². The van der Waals surface area contributed by atoms with Gasteiger partial charge in [-0.15, -0.1) is 0 Å². The van der Waals surface area contributed by atoms with E-state index in [-0.39, 0.29) is 32.0 Å². The molecule has 0 heterocycles. The van der Waals surface area contributed by atoms with Crippen molar-refractivity contribution in [1.82, 2.24) is 0 Å². The van der Waals surface area contributed by atoms with E-state index in [9.17, 15) is 19.0 Å². The first-order valence-electron chi connectivity index (χ1n) is 27.1. The van der Waals surface area contributed by atoms with Crippen LogP contribution in [0.5, 0.6) is 0 Å². The van der Waals surface area contributed by atoms with Gasteiger partial charge >= 0.3 is 19.8 Å². The summed E-state index contributed by atoms with van der Waals surface area (Å²) < 4.78 is 34.5. The molecule has 1 N–H and O–H groups in total. The molecule has 0 spiro atoms. The summed E-state index contributed by atoms with van der Waals surface area (Å²) in [5.74, 6) is -0.791. The molecule has 64 heavy (non-hydrogen) atoms. The molecule has 0 amide bonds.